The lowest BCUT2D eigenvalue weighted by Gasteiger charge is -2.61. The molecule has 0 aromatic heterocycles. The van der Waals surface area contributed by atoms with Gasteiger partial charge in [0.25, 0.3) is 0 Å². The molecule has 5 aliphatic rings. The smallest absolute Gasteiger partial charge is 0.344 e. The van der Waals surface area contributed by atoms with Crippen LogP contribution in [0.1, 0.15) is 134 Å². The highest BCUT2D eigenvalue weighted by Gasteiger charge is 2.61. The van der Waals surface area contributed by atoms with Crippen LogP contribution >= 0.6 is 0 Å². The number of halogens is 1. The van der Waals surface area contributed by atoms with Crippen molar-refractivity contribution in [2.45, 2.75) is 174 Å². The van der Waals surface area contributed by atoms with E-state index in [0.29, 0.717) is 31.0 Å². The number of rotatable bonds is 13. The zero-order valence-electron chi connectivity index (χ0n) is 27.9. The van der Waals surface area contributed by atoms with Gasteiger partial charge in [-0.15, -0.1) is 0 Å². The number of carbonyl (C=O) groups excluding carboxylic acids is 1. The van der Waals surface area contributed by atoms with Crippen LogP contribution in [-0.2, 0) is 43.4 Å². The van der Waals surface area contributed by atoms with E-state index in [0.717, 1.165) is 64.2 Å². The molecule has 5 nitrogen and oxygen atoms in total. The summed E-state index contributed by atoms with van der Waals surface area (Å²) in [6.45, 7) is 14.9. The summed E-state index contributed by atoms with van der Waals surface area (Å²) in [4.78, 5) is 12.8. The molecule has 0 aliphatic heterocycles. The standard InChI is InChI=1S/C37H57FO5/c1-8-35(7,38)34(39)43-37-19-28-15-29(20-37)18-36(17-28,23-37)42-32-11-9-27(10-12-32)16-33-30(21-40-24(2)3)13-26(6)14-31(33)22-41-25(4)5/h13-14,24-25,27-29,32H,8-12,15-23H2,1-7H3. The molecule has 0 N–H and O–H groups in total. The average molecular weight is 601 g/mol. The summed E-state index contributed by atoms with van der Waals surface area (Å²) in [5.74, 6) is 0.952. The highest BCUT2D eigenvalue weighted by Crippen LogP contribution is 2.61. The Balaban J connectivity index is 1.23. The number of hydrogen-bond acceptors (Lipinski definition) is 5. The molecular weight excluding hydrogens is 543 g/mol. The zero-order valence-corrected chi connectivity index (χ0v) is 27.9. The SMILES string of the molecule is CCC(C)(F)C(=O)OC12CC3CC(C1)CC(OC1CCC(Cc4c(COC(C)C)cc(C)cc4COC(C)C)CC1)(C3)C2. The van der Waals surface area contributed by atoms with Gasteiger partial charge in [0, 0.05) is 6.42 Å². The Morgan fingerprint density at radius 3 is 1.98 bits per heavy atom. The van der Waals surface area contributed by atoms with Crippen molar-refractivity contribution >= 4 is 5.97 Å². The lowest BCUT2D eigenvalue weighted by molar-refractivity contribution is -0.252. The maximum Gasteiger partial charge on any atom is 0.344 e. The Morgan fingerprint density at radius 2 is 1.47 bits per heavy atom. The van der Waals surface area contributed by atoms with Gasteiger partial charge in [-0.1, -0.05) is 24.6 Å². The molecule has 5 aliphatic carbocycles. The zero-order chi connectivity index (χ0) is 31.0. The molecule has 3 unspecified atom stereocenters. The topological polar surface area (TPSA) is 54.0 Å². The largest absolute Gasteiger partial charge is 0.457 e. The van der Waals surface area contributed by atoms with Crippen molar-refractivity contribution in [3.05, 3.63) is 34.4 Å². The minimum atomic E-state index is -1.92. The third-order valence-corrected chi connectivity index (χ3v) is 10.8. The van der Waals surface area contributed by atoms with Gasteiger partial charge in [-0.3, -0.25) is 0 Å². The van der Waals surface area contributed by atoms with E-state index in [-0.39, 0.29) is 30.3 Å². The van der Waals surface area contributed by atoms with Crippen LogP contribution in [0, 0.1) is 24.7 Å². The van der Waals surface area contributed by atoms with Crippen LogP contribution in [0.4, 0.5) is 4.39 Å². The fourth-order valence-electron chi connectivity index (χ4n) is 8.90. The van der Waals surface area contributed by atoms with E-state index < -0.39 is 17.2 Å². The molecule has 0 saturated heterocycles. The van der Waals surface area contributed by atoms with Crippen LogP contribution in [0.3, 0.4) is 0 Å². The van der Waals surface area contributed by atoms with Crippen LogP contribution in [-0.4, -0.2) is 41.2 Å². The number of esters is 1. The molecule has 242 valence electrons. The fourth-order valence-corrected chi connectivity index (χ4v) is 8.90. The van der Waals surface area contributed by atoms with Crippen LogP contribution in [0.25, 0.3) is 0 Å². The molecule has 43 heavy (non-hydrogen) atoms. The molecule has 5 saturated carbocycles. The van der Waals surface area contributed by atoms with Gasteiger partial charge < -0.3 is 18.9 Å². The first-order chi connectivity index (χ1) is 20.3. The second kappa shape index (κ2) is 13.1. The number of benzene rings is 1. The predicted octanol–water partition coefficient (Wildman–Crippen LogP) is 8.74. The van der Waals surface area contributed by atoms with Crippen LogP contribution in [0.5, 0.6) is 0 Å². The van der Waals surface area contributed by atoms with Gasteiger partial charge >= 0.3 is 5.97 Å². The summed E-state index contributed by atoms with van der Waals surface area (Å²) in [7, 11) is 0. The number of alkyl halides is 1. The Morgan fingerprint density at radius 1 is 0.930 bits per heavy atom. The normalized spacial score (nSPS) is 33.3. The summed E-state index contributed by atoms with van der Waals surface area (Å²) in [5.41, 5.74) is 2.58. The van der Waals surface area contributed by atoms with Crippen molar-refractivity contribution in [1.82, 2.24) is 0 Å². The molecule has 0 spiro atoms. The van der Waals surface area contributed by atoms with Crippen molar-refractivity contribution < 1.29 is 28.1 Å². The van der Waals surface area contributed by atoms with E-state index in [2.05, 4.69) is 46.8 Å². The van der Waals surface area contributed by atoms with E-state index in [4.69, 9.17) is 18.9 Å². The van der Waals surface area contributed by atoms with E-state index in [1.165, 1.54) is 35.6 Å². The Labute approximate surface area is 260 Å². The van der Waals surface area contributed by atoms with E-state index in [9.17, 15) is 9.18 Å². The number of hydrogen-bond donors (Lipinski definition) is 0. The van der Waals surface area contributed by atoms with Gasteiger partial charge in [0.2, 0.25) is 5.67 Å². The Bertz CT molecular complexity index is 1070. The van der Waals surface area contributed by atoms with E-state index in [1.54, 1.807) is 6.92 Å². The molecule has 1 aromatic carbocycles. The second-order valence-corrected chi connectivity index (χ2v) is 15.5. The second-order valence-electron chi connectivity index (χ2n) is 15.5. The van der Waals surface area contributed by atoms with Gasteiger partial charge in [-0.05, 0) is 147 Å². The van der Waals surface area contributed by atoms with Crippen molar-refractivity contribution in [2.24, 2.45) is 17.8 Å². The first-order valence-electron chi connectivity index (χ1n) is 17.2. The first kappa shape index (κ1) is 32.9. The minimum Gasteiger partial charge on any atom is -0.457 e. The lowest BCUT2D eigenvalue weighted by atomic mass is 9.52. The predicted molar refractivity (Wildman–Crippen MR) is 168 cm³/mol. The number of carbonyl (C=O) groups is 1. The van der Waals surface area contributed by atoms with Gasteiger partial charge in [-0.25, -0.2) is 9.18 Å². The third kappa shape index (κ3) is 7.84. The lowest BCUT2D eigenvalue weighted by Crippen LogP contribution is -2.62. The Kier molecular flexibility index (Phi) is 10.0. The molecular formula is C37H57FO5. The van der Waals surface area contributed by atoms with Gasteiger partial charge in [0.05, 0.1) is 37.1 Å². The average Bonchev–Trinajstić information content (AvgIpc) is 2.91. The minimum absolute atomic E-state index is 0.140. The molecule has 6 rings (SSSR count). The maximum atomic E-state index is 14.9. The fraction of sp³-hybridized carbons (Fsp3) is 0.811. The van der Waals surface area contributed by atoms with Gasteiger partial charge in [0.15, 0.2) is 0 Å². The summed E-state index contributed by atoms with van der Waals surface area (Å²) in [6.07, 6.45) is 12.0. The van der Waals surface area contributed by atoms with Gasteiger partial charge in [-0.2, -0.15) is 0 Å². The third-order valence-electron chi connectivity index (χ3n) is 10.8. The highest BCUT2D eigenvalue weighted by molar-refractivity contribution is 5.79. The molecule has 5 fully saturated rings. The van der Waals surface area contributed by atoms with Gasteiger partial charge in [0.1, 0.15) is 5.60 Å². The quantitative estimate of drug-likeness (QED) is 0.212. The molecule has 0 heterocycles. The molecule has 6 heteroatoms. The summed E-state index contributed by atoms with van der Waals surface area (Å²) >= 11 is 0. The number of ether oxygens (including phenoxy) is 4. The van der Waals surface area contributed by atoms with Crippen LogP contribution in [0.2, 0.25) is 0 Å². The monoisotopic (exact) mass is 600 g/mol. The van der Waals surface area contributed by atoms with Crippen molar-refractivity contribution in [3.63, 3.8) is 0 Å². The summed E-state index contributed by atoms with van der Waals surface area (Å²) < 4.78 is 40.2. The summed E-state index contributed by atoms with van der Waals surface area (Å²) in [5, 5.41) is 0. The maximum absolute atomic E-state index is 14.9. The van der Waals surface area contributed by atoms with E-state index >= 15 is 0 Å². The first-order valence-corrected chi connectivity index (χ1v) is 17.2. The molecule has 3 atom stereocenters. The summed E-state index contributed by atoms with van der Waals surface area (Å²) in [6, 6.07) is 4.60. The molecule has 1 aromatic rings. The van der Waals surface area contributed by atoms with Crippen LogP contribution < -0.4 is 0 Å². The number of aryl methyl sites for hydroxylation is 1. The molecule has 0 radical (unpaired) electrons. The molecule has 4 bridgehead atoms. The van der Waals surface area contributed by atoms with Crippen molar-refractivity contribution in [1.29, 1.82) is 0 Å². The van der Waals surface area contributed by atoms with Crippen LogP contribution in [0.15, 0.2) is 12.1 Å². The van der Waals surface area contributed by atoms with E-state index in [1.807, 2.05) is 0 Å². The Hall–Kier alpha value is -1.50. The highest BCUT2D eigenvalue weighted by atomic mass is 19.1. The molecule has 0 amide bonds. The van der Waals surface area contributed by atoms with Crippen molar-refractivity contribution in [3.8, 4) is 0 Å². The van der Waals surface area contributed by atoms with Crippen molar-refractivity contribution in [2.75, 3.05) is 0 Å².